The molecule has 0 saturated carbocycles. The van der Waals surface area contributed by atoms with Crippen molar-refractivity contribution in [1.29, 1.82) is 0 Å². The third-order valence-corrected chi connectivity index (χ3v) is 3.37. The van der Waals surface area contributed by atoms with Crippen LogP contribution >= 0.6 is 0 Å². The van der Waals surface area contributed by atoms with Crippen LogP contribution in [0.1, 0.15) is 20.3 Å². The van der Waals surface area contributed by atoms with Gasteiger partial charge in [-0.1, -0.05) is 0 Å². The second-order valence-electron chi connectivity index (χ2n) is 4.92. The molecule has 1 saturated heterocycles. The zero-order valence-electron chi connectivity index (χ0n) is 11.7. The molecule has 1 aliphatic rings. The molecule has 0 spiro atoms. The first-order valence-corrected chi connectivity index (χ1v) is 6.56. The highest BCUT2D eigenvalue weighted by Gasteiger charge is 2.31. The van der Waals surface area contributed by atoms with Gasteiger partial charge in [0.05, 0.1) is 7.11 Å². The molecule has 0 radical (unpaired) electrons. The molecule has 1 heterocycles. The predicted molar refractivity (Wildman–Crippen MR) is 74.8 cm³/mol. The van der Waals surface area contributed by atoms with Gasteiger partial charge in [-0.3, -0.25) is 9.80 Å². The van der Waals surface area contributed by atoms with Crippen molar-refractivity contribution in [2.45, 2.75) is 32.5 Å². The van der Waals surface area contributed by atoms with E-state index >= 15 is 0 Å². The average molecular weight is 263 g/mol. The Kier molecular flexibility index (Phi) is 4.27. The zero-order valence-corrected chi connectivity index (χ0v) is 11.7. The van der Waals surface area contributed by atoms with E-state index in [0.717, 1.165) is 30.8 Å². The highest BCUT2D eigenvalue weighted by Crippen LogP contribution is 2.22. The van der Waals surface area contributed by atoms with E-state index in [4.69, 9.17) is 4.74 Å². The van der Waals surface area contributed by atoms with Crippen molar-refractivity contribution >= 4 is 12.1 Å². The number of hydrazine groups is 1. The van der Waals surface area contributed by atoms with E-state index in [0.29, 0.717) is 6.04 Å². The molecule has 2 rings (SSSR count). The molecule has 104 valence electrons. The Labute approximate surface area is 114 Å². The van der Waals surface area contributed by atoms with Crippen LogP contribution < -0.4 is 10.1 Å². The van der Waals surface area contributed by atoms with Gasteiger partial charge in [0.25, 0.3) is 0 Å². The van der Waals surface area contributed by atoms with Gasteiger partial charge in [0.15, 0.2) is 0 Å². The number of benzene rings is 1. The summed E-state index contributed by atoms with van der Waals surface area (Å²) in [5, 5.41) is 7.20. The first-order chi connectivity index (χ1) is 9.15. The Balaban J connectivity index is 2.03. The molecule has 5 nitrogen and oxygen atoms in total. The molecule has 1 aromatic rings. The van der Waals surface area contributed by atoms with Gasteiger partial charge >= 0.3 is 0 Å². The van der Waals surface area contributed by atoms with Crippen LogP contribution in [0.25, 0.3) is 0 Å². The Morgan fingerprint density at radius 2 is 2.05 bits per heavy atom. The summed E-state index contributed by atoms with van der Waals surface area (Å²) in [7, 11) is 1.65. The number of rotatable bonds is 5. The molecule has 1 amide bonds. The zero-order chi connectivity index (χ0) is 13.8. The number of methoxy groups -OCH3 is 1. The van der Waals surface area contributed by atoms with E-state index in [2.05, 4.69) is 24.2 Å². The van der Waals surface area contributed by atoms with Gasteiger partial charge in [-0.2, -0.15) is 0 Å². The summed E-state index contributed by atoms with van der Waals surface area (Å²) in [5.74, 6) is 0.827. The molecular weight excluding hydrogens is 242 g/mol. The van der Waals surface area contributed by atoms with Gasteiger partial charge in [0.1, 0.15) is 11.9 Å². The molecule has 0 aliphatic carbocycles. The Morgan fingerprint density at radius 3 is 2.58 bits per heavy atom. The smallest absolute Gasteiger partial charge is 0.225 e. The number of hydrogen-bond donors (Lipinski definition) is 1. The van der Waals surface area contributed by atoms with Crippen molar-refractivity contribution in [3.8, 4) is 5.75 Å². The van der Waals surface area contributed by atoms with Gasteiger partial charge in [0.2, 0.25) is 6.41 Å². The lowest BCUT2D eigenvalue weighted by atomic mass is 10.2. The first-order valence-electron chi connectivity index (χ1n) is 6.56. The quantitative estimate of drug-likeness (QED) is 0.824. The van der Waals surface area contributed by atoms with Gasteiger partial charge in [-0.05, 0) is 38.1 Å². The number of ether oxygens (including phenoxy) is 1. The van der Waals surface area contributed by atoms with Crippen LogP contribution in [-0.4, -0.2) is 42.3 Å². The Bertz CT molecular complexity index is 419. The van der Waals surface area contributed by atoms with E-state index in [1.165, 1.54) is 0 Å². The molecule has 5 heteroatoms. The fourth-order valence-electron chi connectivity index (χ4n) is 2.36. The number of hydrogen-bond acceptors (Lipinski definition) is 4. The second-order valence-corrected chi connectivity index (χ2v) is 4.92. The van der Waals surface area contributed by atoms with Crippen molar-refractivity contribution in [3.05, 3.63) is 24.3 Å². The summed E-state index contributed by atoms with van der Waals surface area (Å²) in [5.41, 5.74) is 0.989. The number of carbonyl (C=O) groups excluding carboxylic acids is 1. The van der Waals surface area contributed by atoms with Crippen LogP contribution in [-0.2, 0) is 4.79 Å². The molecule has 0 unspecified atom stereocenters. The maximum atomic E-state index is 11.2. The lowest BCUT2D eigenvalue weighted by Crippen LogP contribution is -2.46. The van der Waals surface area contributed by atoms with Crippen LogP contribution in [0.2, 0.25) is 0 Å². The molecule has 1 N–H and O–H groups in total. The summed E-state index contributed by atoms with van der Waals surface area (Å²) < 4.78 is 5.13. The second kappa shape index (κ2) is 5.93. The fraction of sp³-hybridized carbons (Fsp3) is 0.500. The molecule has 1 aliphatic heterocycles. The minimum absolute atomic E-state index is 0.0216. The minimum atomic E-state index is 0.0216. The van der Waals surface area contributed by atoms with E-state index in [1.54, 1.807) is 12.1 Å². The van der Waals surface area contributed by atoms with Crippen LogP contribution in [0.3, 0.4) is 0 Å². The summed E-state index contributed by atoms with van der Waals surface area (Å²) in [4.78, 5) is 11.2. The minimum Gasteiger partial charge on any atom is -0.497 e. The number of nitrogens with one attached hydrogen (secondary N) is 1. The predicted octanol–water partition coefficient (Wildman–Crippen LogP) is 1.92. The van der Waals surface area contributed by atoms with Crippen molar-refractivity contribution in [3.63, 3.8) is 0 Å². The third-order valence-electron chi connectivity index (χ3n) is 3.37. The van der Waals surface area contributed by atoms with Crippen LogP contribution in [0, 0.1) is 0 Å². The van der Waals surface area contributed by atoms with Gasteiger partial charge in [-0.15, -0.1) is 0 Å². The molecule has 1 atom stereocenters. The van der Waals surface area contributed by atoms with E-state index in [-0.39, 0.29) is 6.17 Å². The molecule has 0 aromatic heterocycles. The van der Waals surface area contributed by atoms with Gasteiger partial charge < -0.3 is 10.1 Å². The van der Waals surface area contributed by atoms with Crippen molar-refractivity contribution in [2.24, 2.45) is 0 Å². The molecule has 19 heavy (non-hydrogen) atoms. The molecule has 1 aromatic carbocycles. The SMILES string of the molecule is COc1ccc(N[C@@H]2CCN(C(C)C)N2C=O)cc1. The monoisotopic (exact) mass is 263 g/mol. The lowest BCUT2D eigenvalue weighted by Gasteiger charge is -2.32. The number of amides is 1. The Hall–Kier alpha value is -1.75. The summed E-state index contributed by atoms with van der Waals surface area (Å²) >= 11 is 0. The molecular formula is C14H21N3O2. The third kappa shape index (κ3) is 2.98. The first kappa shape index (κ1) is 13.7. The lowest BCUT2D eigenvalue weighted by molar-refractivity contribution is -0.134. The summed E-state index contributed by atoms with van der Waals surface area (Å²) in [6.07, 6.45) is 1.84. The summed E-state index contributed by atoms with van der Waals surface area (Å²) in [6.45, 7) is 5.07. The fourth-order valence-corrected chi connectivity index (χ4v) is 2.36. The normalized spacial score (nSPS) is 19.8. The van der Waals surface area contributed by atoms with Crippen LogP contribution in [0.4, 0.5) is 5.69 Å². The average Bonchev–Trinajstić information content (AvgIpc) is 2.82. The van der Waals surface area contributed by atoms with E-state index < -0.39 is 0 Å². The van der Waals surface area contributed by atoms with Crippen molar-refractivity contribution in [2.75, 3.05) is 19.0 Å². The van der Waals surface area contributed by atoms with Crippen LogP contribution in [0.5, 0.6) is 5.75 Å². The van der Waals surface area contributed by atoms with Crippen LogP contribution in [0.15, 0.2) is 24.3 Å². The number of nitrogens with zero attached hydrogens (tertiary/aromatic N) is 2. The highest BCUT2D eigenvalue weighted by atomic mass is 16.5. The van der Waals surface area contributed by atoms with E-state index in [9.17, 15) is 4.79 Å². The number of anilines is 1. The number of carbonyl (C=O) groups is 1. The Morgan fingerprint density at radius 1 is 1.37 bits per heavy atom. The van der Waals surface area contributed by atoms with Gasteiger partial charge in [-0.25, -0.2) is 5.01 Å². The largest absolute Gasteiger partial charge is 0.497 e. The topological polar surface area (TPSA) is 44.8 Å². The summed E-state index contributed by atoms with van der Waals surface area (Å²) in [6, 6.07) is 8.05. The van der Waals surface area contributed by atoms with Gasteiger partial charge in [0, 0.05) is 24.7 Å². The standard InChI is InChI=1S/C14H21N3O2/c1-11(2)16-9-8-14(17(16)10-18)15-12-4-6-13(19-3)7-5-12/h4-7,10-11,14-15H,8-9H2,1-3H3/t14-/m0/s1. The van der Waals surface area contributed by atoms with E-state index in [1.807, 2.05) is 24.3 Å². The maximum Gasteiger partial charge on any atom is 0.225 e. The molecule has 1 fully saturated rings. The van der Waals surface area contributed by atoms with Crippen molar-refractivity contribution < 1.29 is 9.53 Å². The maximum absolute atomic E-state index is 11.2. The molecule has 0 bridgehead atoms. The highest BCUT2D eigenvalue weighted by molar-refractivity contribution is 5.52. The van der Waals surface area contributed by atoms with Crippen molar-refractivity contribution in [1.82, 2.24) is 10.0 Å².